The van der Waals surface area contributed by atoms with E-state index in [0.717, 1.165) is 0 Å². The van der Waals surface area contributed by atoms with E-state index in [-0.39, 0.29) is 26.1 Å². The number of rotatable bonds is 9. The van der Waals surface area contributed by atoms with Gasteiger partial charge in [0.25, 0.3) is 0 Å². The molecular formula is C17H27NO5S. The molecule has 0 amide bonds. The fourth-order valence-electron chi connectivity index (χ4n) is 1.70. The van der Waals surface area contributed by atoms with Crippen LogP contribution >= 0.6 is 0 Å². The molecule has 0 radical (unpaired) electrons. The molecule has 0 aliphatic carbocycles. The van der Waals surface area contributed by atoms with Gasteiger partial charge in [-0.25, -0.2) is 4.21 Å². The molecule has 1 unspecified atom stereocenters. The van der Waals surface area contributed by atoms with Crippen LogP contribution in [0.4, 0.5) is 0 Å². The van der Waals surface area contributed by atoms with Crippen molar-refractivity contribution in [2.24, 2.45) is 9.81 Å². The largest absolute Gasteiger partial charge is 0.465 e. The Hall–Kier alpha value is -1.72. The van der Waals surface area contributed by atoms with Gasteiger partial charge in [0.2, 0.25) is 0 Å². The van der Waals surface area contributed by atoms with Crippen molar-refractivity contribution in [2.75, 3.05) is 13.2 Å². The summed E-state index contributed by atoms with van der Waals surface area (Å²) in [5, 5.41) is 0. The lowest BCUT2D eigenvalue weighted by atomic mass is 9.81. The summed E-state index contributed by atoms with van der Waals surface area (Å²) in [5.41, 5.74) is 0.964. The van der Waals surface area contributed by atoms with E-state index in [0.29, 0.717) is 0 Å². The molecule has 136 valence electrons. The van der Waals surface area contributed by atoms with E-state index in [2.05, 4.69) is 16.7 Å². The normalized spacial score (nSPS) is 13.2. The molecule has 0 fully saturated rings. The zero-order valence-corrected chi connectivity index (χ0v) is 15.9. The minimum Gasteiger partial charge on any atom is -0.465 e. The van der Waals surface area contributed by atoms with Crippen LogP contribution in [0.1, 0.15) is 47.5 Å². The van der Waals surface area contributed by atoms with Gasteiger partial charge in [-0.3, -0.25) is 9.59 Å². The number of carbonyl (C=O) groups excluding carboxylic acids is 2. The Morgan fingerprint density at radius 1 is 1.12 bits per heavy atom. The van der Waals surface area contributed by atoms with Gasteiger partial charge in [-0.2, -0.15) is 4.40 Å². The maximum Gasteiger partial charge on any atom is 0.324 e. The molecule has 6 nitrogen and oxygen atoms in total. The molecule has 0 saturated heterocycles. The lowest BCUT2D eigenvalue weighted by Crippen LogP contribution is -2.42. The molecule has 0 heterocycles. The van der Waals surface area contributed by atoms with Crippen molar-refractivity contribution in [3.05, 3.63) is 18.4 Å². The third-order valence-corrected chi connectivity index (χ3v) is 4.45. The Morgan fingerprint density at radius 3 is 2.00 bits per heavy atom. The van der Waals surface area contributed by atoms with E-state index < -0.39 is 33.1 Å². The molecule has 0 aromatic heterocycles. The molecular weight excluding hydrogens is 330 g/mol. The average Bonchev–Trinajstić information content (AvgIpc) is 2.50. The minimum absolute atomic E-state index is 0.0162. The maximum absolute atomic E-state index is 12.4. The third kappa shape index (κ3) is 6.42. The minimum atomic E-state index is -1.58. The highest BCUT2D eigenvalue weighted by Crippen LogP contribution is 2.31. The summed E-state index contributed by atoms with van der Waals surface area (Å²) in [6.07, 6.45) is 2.74. The summed E-state index contributed by atoms with van der Waals surface area (Å²) >= 11 is 0. The van der Waals surface area contributed by atoms with Gasteiger partial charge in [0.1, 0.15) is 11.0 Å². The van der Waals surface area contributed by atoms with Crippen molar-refractivity contribution in [3.63, 3.8) is 0 Å². The highest BCUT2D eigenvalue weighted by Gasteiger charge is 2.47. The number of hydrogen-bond donors (Lipinski definition) is 0. The standard InChI is InChI=1S/C17H27NO5S/c1-7-10-11-17(14(19)22-8-2,15(20)23-9-3)12-13-18-24(21)16(4,5)6/h10,13H,1,8-9,11-12H2,2-6H3/b18-13+. The molecule has 0 aromatic carbocycles. The molecule has 0 saturated carbocycles. The van der Waals surface area contributed by atoms with Crippen LogP contribution in [0.5, 0.6) is 0 Å². The maximum atomic E-state index is 12.4. The van der Waals surface area contributed by atoms with Gasteiger partial charge >= 0.3 is 11.9 Å². The van der Waals surface area contributed by atoms with Crippen molar-refractivity contribution in [1.29, 1.82) is 0 Å². The first kappa shape index (κ1) is 22.3. The summed E-state index contributed by atoms with van der Waals surface area (Å²) in [7, 11) is -1.48. The van der Waals surface area contributed by atoms with Gasteiger partial charge in [0, 0.05) is 12.6 Å². The van der Waals surface area contributed by atoms with Gasteiger partial charge in [-0.15, -0.1) is 5.73 Å². The SMILES string of the molecule is C=C=CCC(C/C=N/S(=O)C(C)(C)C)(C(=O)OCC)C(=O)OCC. The van der Waals surface area contributed by atoms with Gasteiger partial charge in [-0.1, -0.05) is 6.58 Å². The molecule has 1 atom stereocenters. The number of allylic oxidation sites excluding steroid dienone is 1. The predicted molar refractivity (Wildman–Crippen MR) is 95.0 cm³/mol. The zero-order valence-electron chi connectivity index (χ0n) is 15.1. The van der Waals surface area contributed by atoms with E-state index in [1.807, 2.05) is 0 Å². The van der Waals surface area contributed by atoms with E-state index in [1.165, 1.54) is 12.3 Å². The summed E-state index contributed by atoms with van der Waals surface area (Å²) in [4.78, 5) is 24.9. The highest BCUT2D eigenvalue weighted by molar-refractivity contribution is 7.85. The Morgan fingerprint density at radius 2 is 1.62 bits per heavy atom. The Kier molecular flexibility index (Phi) is 9.48. The Labute approximate surface area is 146 Å². The summed E-state index contributed by atoms with van der Waals surface area (Å²) in [6.45, 7) is 12.4. The molecule has 0 aliphatic heterocycles. The fraction of sp³-hybridized carbons (Fsp3) is 0.647. The van der Waals surface area contributed by atoms with E-state index in [1.54, 1.807) is 34.6 Å². The van der Waals surface area contributed by atoms with Crippen LogP contribution in [0.25, 0.3) is 0 Å². The third-order valence-electron chi connectivity index (χ3n) is 3.06. The van der Waals surface area contributed by atoms with Gasteiger partial charge in [0.15, 0.2) is 5.41 Å². The summed E-state index contributed by atoms with van der Waals surface area (Å²) in [6, 6.07) is 0. The predicted octanol–water partition coefficient (Wildman–Crippen LogP) is 2.75. The number of nitrogens with zero attached hydrogens (tertiary/aromatic N) is 1. The molecule has 0 bridgehead atoms. The van der Waals surface area contributed by atoms with Gasteiger partial charge < -0.3 is 9.47 Å². The quantitative estimate of drug-likeness (QED) is 0.274. The van der Waals surface area contributed by atoms with Crippen LogP contribution in [-0.4, -0.2) is 40.3 Å². The summed E-state index contributed by atoms with van der Waals surface area (Å²) in [5.74, 6) is -1.41. The van der Waals surface area contributed by atoms with Crippen LogP contribution in [0.3, 0.4) is 0 Å². The zero-order chi connectivity index (χ0) is 18.8. The first-order valence-corrected chi connectivity index (χ1v) is 8.89. The monoisotopic (exact) mass is 357 g/mol. The van der Waals surface area contributed by atoms with Crippen molar-refractivity contribution in [2.45, 2.75) is 52.2 Å². The topological polar surface area (TPSA) is 82.0 Å². The van der Waals surface area contributed by atoms with Gasteiger partial charge in [0.05, 0.1) is 18.0 Å². The molecule has 7 heteroatoms. The first-order valence-electron chi connectivity index (χ1n) is 7.79. The summed E-state index contributed by atoms with van der Waals surface area (Å²) < 4.78 is 25.5. The Balaban J connectivity index is 5.67. The van der Waals surface area contributed by atoms with E-state index in [9.17, 15) is 13.8 Å². The van der Waals surface area contributed by atoms with Crippen LogP contribution in [0, 0.1) is 5.41 Å². The van der Waals surface area contributed by atoms with Crippen LogP contribution in [0.2, 0.25) is 0 Å². The van der Waals surface area contributed by atoms with Crippen LogP contribution in [-0.2, 0) is 30.0 Å². The van der Waals surface area contributed by atoms with Crippen molar-refractivity contribution < 1.29 is 23.3 Å². The second-order valence-electron chi connectivity index (χ2n) is 5.99. The van der Waals surface area contributed by atoms with Crippen molar-refractivity contribution >= 4 is 29.1 Å². The highest BCUT2D eigenvalue weighted by atomic mass is 32.2. The Bertz CT molecular complexity index is 524. The van der Waals surface area contributed by atoms with E-state index in [4.69, 9.17) is 9.47 Å². The molecule has 24 heavy (non-hydrogen) atoms. The smallest absolute Gasteiger partial charge is 0.324 e. The number of hydrogen-bond acceptors (Lipinski definition) is 5. The van der Waals surface area contributed by atoms with Crippen LogP contribution < -0.4 is 0 Å². The van der Waals surface area contributed by atoms with Crippen LogP contribution in [0.15, 0.2) is 22.8 Å². The molecule has 0 aromatic rings. The number of esters is 2. The molecule has 0 rings (SSSR count). The molecule has 0 spiro atoms. The molecule has 0 aliphatic rings. The lowest BCUT2D eigenvalue weighted by molar-refractivity contribution is -0.171. The lowest BCUT2D eigenvalue weighted by Gasteiger charge is -2.26. The first-order chi connectivity index (χ1) is 11.2. The number of ether oxygens (including phenoxy) is 2. The van der Waals surface area contributed by atoms with Gasteiger partial charge in [-0.05, 0) is 47.1 Å². The second-order valence-corrected chi connectivity index (χ2v) is 7.92. The fourth-order valence-corrected chi connectivity index (χ4v) is 2.23. The van der Waals surface area contributed by atoms with Crippen molar-refractivity contribution in [3.8, 4) is 0 Å². The average molecular weight is 357 g/mol. The van der Waals surface area contributed by atoms with E-state index >= 15 is 0 Å². The number of carbonyl (C=O) groups is 2. The second kappa shape index (κ2) is 10.2. The molecule has 0 N–H and O–H groups in total. The van der Waals surface area contributed by atoms with Crippen molar-refractivity contribution in [1.82, 2.24) is 0 Å².